The lowest BCUT2D eigenvalue weighted by atomic mass is 9.64. The van der Waals surface area contributed by atoms with Crippen LogP contribution in [-0.2, 0) is 0 Å². The third kappa shape index (κ3) is 5.87. The van der Waals surface area contributed by atoms with E-state index in [2.05, 4.69) is 45.9 Å². The molecule has 1 unspecified atom stereocenters. The van der Waals surface area contributed by atoms with Crippen LogP contribution in [0.4, 0.5) is 0 Å². The molecule has 0 aliphatic heterocycles. The summed E-state index contributed by atoms with van der Waals surface area (Å²) in [6.07, 6.45) is 14.2. The maximum absolute atomic E-state index is 10.7. The van der Waals surface area contributed by atoms with Gasteiger partial charge in [-0.1, -0.05) is 61.8 Å². The Hall–Kier alpha value is -0.850. The standard InChI is InChI=1S/C28H44O4S/c1-5-28(32,6-2)18-33-19(3)23-11-12-24-21(8-7-14-27(23,24)4)10-9-20-16-25(30)22(13-15-29)26(31)17-20/h9-11,13,19,24-26,29-32H,5-8,12,14-18H2,1-4H3/b20-9?,21-10+,22-13?/t19-,24?,25+,26+,27+/m0/s1. The number of aliphatic hydroxyl groups excluding tert-OH is 3. The van der Waals surface area contributed by atoms with Crippen LogP contribution in [-0.4, -0.2) is 55.8 Å². The fourth-order valence-electron chi connectivity index (χ4n) is 6.08. The predicted molar refractivity (Wildman–Crippen MR) is 138 cm³/mol. The van der Waals surface area contributed by atoms with Crippen molar-refractivity contribution in [1.29, 1.82) is 0 Å². The van der Waals surface area contributed by atoms with Crippen LogP contribution in [0.2, 0.25) is 0 Å². The molecule has 5 heteroatoms. The van der Waals surface area contributed by atoms with E-state index in [1.54, 1.807) is 5.57 Å². The Balaban J connectivity index is 1.70. The van der Waals surface area contributed by atoms with Crippen LogP contribution >= 0.6 is 11.8 Å². The van der Waals surface area contributed by atoms with E-state index in [-0.39, 0.29) is 12.0 Å². The summed E-state index contributed by atoms with van der Waals surface area (Å²) >= 11 is 1.90. The Bertz CT molecular complexity index is 791. The average Bonchev–Trinajstić information content (AvgIpc) is 3.15. The van der Waals surface area contributed by atoms with E-state index in [1.165, 1.54) is 24.5 Å². The number of aliphatic hydroxyl groups is 4. The third-order valence-corrected chi connectivity index (χ3v) is 9.97. The van der Waals surface area contributed by atoms with Gasteiger partial charge in [0.25, 0.3) is 0 Å². The molecule has 186 valence electrons. The van der Waals surface area contributed by atoms with Crippen molar-refractivity contribution in [3.8, 4) is 0 Å². The predicted octanol–water partition coefficient (Wildman–Crippen LogP) is 5.08. The van der Waals surface area contributed by atoms with Gasteiger partial charge in [-0.05, 0) is 75.2 Å². The van der Waals surface area contributed by atoms with E-state index in [0.717, 1.165) is 37.0 Å². The molecule has 0 spiro atoms. The van der Waals surface area contributed by atoms with Crippen LogP contribution in [0.15, 0.2) is 46.6 Å². The van der Waals surface area contributed by atoms with Crippen LogP contribution in [0.5, 0.6) is 0 Å². The van der Waals surface area contributed by atoms with Crippen molar-refractivity contribution in [3.05, 3.63) is 46.6 Å². The van der Waals surface area contributed by atoms with Gasteiger partial charge in [0.05, 0.1) is 24.4 Å². The number of rotatable bonds is 8. The third-order valence-electron chi connectivity index (χ3n) is 8.51. The molecule has 3 aliphatic carbocycles. The first-order valence-corrected chi connectivity index (χ1v) is 13.8. The molecule has 3 aliphatic rings. The lowest BCUT2D eigenvalue weighted by Gasteiger charge is -2.42. The Kier molecular flexibility index (Phi) is 9.13. The molecule has 33 heavy (non-hydrogen) atoms. The zero-order valence-electron chi connectivity index (χ0n) is 20.9. The number of fused-ring (bicyclic) bond motifs is 1. The average molecular weight is 477 g/mol. The highest BCUT2D eigenvalue weighted by molar-refractivity contribution is 8.00. The van der Waals surface area contributed by atoms with Crippen LogP contribution in [0.3, 0.4) is 0 Å². The first-order valence-electron chi connectivity index (χ1n) is 12.8. The largest absolute Gasteiger partial charge is 0.392 e. The van der Waals surface area contributed by atoms with Crippen LogP contribution < -0.4 is 0 Å². The molecule has 5 atom stereocenters. The second kappa shape index (κ2) is 11.3. The summed E-state index contributed by atoms with van der Waals surface area (Å²) < 4.78 is 0. The summed E-state index contributed by atoms with van der Waals surface area (Å²) in [6.45, 7) is 8.72. The van der Waals surface area contributed by atoms with E-state index in [4.69, 9.17) is 5.11 Å². The molecule has 3 rings (SSSR count). The lowest BCUT2D eigenvalue weighted by Crippen LogP contribution is -2.35. The smallest absolute Gasteiger partial charge is 0.0813 e. The van der Waals surface area contributed by atoms with E-state index in [0.29, 0.717) is 29.6 Å². The normalized spacial score (nSPS) is 32.5. The van der Waals surface area contributed by atoms with Gasteiger partial charge < -0.3 is 20.4 Å². The maximum Gasteiger partial charge on any atom is 0.0813 e. The van der Waals surface area contributed by atoms with Gasteiger partial charge in [0, 0.05) is 11.0 Å². The second-order valence-corrected chi connectivity index (χ2v) is 11.8. The zero-order chi connectivity index (χ0) is 24.2. The summed E-state index contributed by atoms with van der Waals surface area (Å²) in [6, 6.07) is 0. The molecule has 0 radical (unpaired) electrons. The molecule has 0 saturated heterocycles. The van der Waals surface area contributed by atoms with Crippen molar-refractivity contribution < 1.29 is 20.4 Å². The topological polar surface area (TPSA) is 80.9 Å². The molecule has 4 nitrogen and oxygen atoms in total. The van der Waals surface area contributed by atoms with Gasteiger partial charge in [-0.25, -0.2) is 0 Å². The van der Waals surface area contributed by atoms with Gasteiger partial charge >= 0.3 is 0 Å². The monoisotopic (exact) mass is 476 g/mol. The quantitative estimate of drug-likeness (QED) is 0.367. The molecule has 0 aromatic heterocycles. The zero-order valence-corrected chi connectivity index (χ0v) is 21.7. The van der Waals surface area contributed by atoms with Gasteiger partial charge in [-0.3, -0.25) is 0 Å². The molecule has 2 saturated carbocycles. The van der Waals surface area contributed by atoms with Gasteiger partial charge in [0.2, 0.25) is 0 Å². The Morgan fingerprint density at radius 3 is 2.45 bits per heavy atom. The van der Waals surface area contributed by atoms with E-state index >= 15 is 0 Å². The van der Waals surface area contributed by atoms with Crippen LogP contribution in [0.1, 0.15) is 79.1 Å². The number of thioether (sulfide) groups is 1. The molecular formula is C28H44O4S. The fourth-order valence-corrected chi connectivity index (χ4v) is 7.60. The number of hydrogen-bond acceptors (Lipinski definition) is 5. The summed E-state index contributed by atoms with van der Waals surface area (Å²) in [4.78, 5) is 0. The number of allylic oxidation sites excluding steroid dienone is 4. The van der Waals surface area contributed by atoms with Crippen LogP contribution in [0, 0.1) is 11.3 Å². The molecule has 0 amide bonds. The molecule has 0 aromatic rings. The Labute approximate surface area is 204 Å². The fraction of sp³-hybridized carbons (Fsp3) is 0.714. The molecule has 0 heterocycles. The highest BCUT2D eigenvalue weighted by Crippen LogP contribution is 2.57. The molecule has 2 fully saturated rings. The lowest BCUT2D eigenvalue weighted by molar-refractivity contribution is 0.0571. The molecule has 0 bridgehead atoms. The number of hydrogen-bond donors (Lipinski definition) is 4. The molecular weight excluding hydrogens is 432 g/mol. The van der Waals surface area contributed by atoms with Crippen molar-refractivity contribution in [1.82, 2.24) is 0 Å². The van der Waals surface area contributed by atoms with E-state index in [1.807, 2.05) is 11.8 Å². The summed E-state index contributed by atoms with van der Waals surface area (Å²) in [7, 11) is 0. The van der Waals surface area contributed by atoms with E-state index in [9.17, 15) is 15.3 Å². The van der Waals surface area contributed by atoms with Gasteiger partial charge in [0.15, 0.2) is 0 Å². The minimum Gasteiger partial charge on any atom is -0.392 e. The first kappa shape index (κ1) is 26.7. The van der Waals surface area contributed by atoms with Crippen molar-refractivity contribution in [3.63, 3.8) is 0 Å². The molecule has 0 aromatic carbocycles. The minimum absolute atomic E-state index is 0.158. The first-order chi connectivity index (χ1) is 15.7. The summed E-state index contributed by atoms with van der Waals surface area (Å²) in [5.41, 5.74) is 4.25. The van der Waals surface area contributed by atoms with Crippen molar-refractivity contribution >= 4 is 11.8 Å². The highest BCUT2D eigenvalue weighted by atomic mass is 32.2. The Morgan fingerprint density at radius 2 is 1.85 bits per heavy atom. The van der Waals surface area contributed by atoms with Crippen molar-refractivity contribution in [2.45, 2.75) is 102 Å². The Morgan fingerprint density at radius 1 is 1.18 bits per heavy atom. The summed E-state index contributed by atoms with van der Waals surface area (Å²) in [5, 5.41) is 41.0. The van der Waals surface area contributed by atoms with Crippen LogP contribution in [0.25, 0.3) is 0 Å². The van der Waals surface area contributed by atoms with Gasteiger partial charge in [-0.15, -0.1) is 0 Å². The van der Waals surface area contributed by atoms with E-state index < -0.39 is 17.8 Å². The maximum atomic E-state index is 10.7. The summed E-state index contributed by atoms with van der Waals surface area (Å²) in [5.74, 6) is 1.30. The van der Waals surface area contributed by atoms with Crippen molar-refractivity contribution in [2.24, 2.45) is 11.3 Å². The minimum atomic E-state index is -0.718. The van der Waals surface area contributed by atoms with Crippen molar-refractivity contribution in [2.75, 3.05) is 12.4 Å². The SMILES string of the molecule is CCC(O)(CC)CS[C@@H](C)C1=CCC2/C(=C/C=C3C[C@@H](O)C(=CCO)[C@H](O)C3)CCC[C@]12C. The van der Waals surface area contributed by atoms with Gasteiger partial charge in [0.1, 0.15) is 0 Å². The molecule has 4 N–H and O–H groups in total. The van der Waals surface area contributed by atoms with Gasteiger partial charge in [-0.2, -0.15) is 11.8 Å². The highest BCUT2D eigenvalue weighted by Gasteiger charge is 2.46. The second-order valence-electron chi connectivity index (χ2n) is 10.5.